The number of unbranched alkanes of at least 4 members (excludes halogenated alkanes) is 1. The van der Waals surface area contributed by atoms with Gasteiger partial charge in [0.05, 0.1) is 6.10 Å². The molecule has 0 amide bonds. The zero-order valence-corrected chi connectivity index (χ0v) is 17.7. The number of hydrogen-bond donors (Lipinski definition) is 1. The second-order valence-corrected chi connectivity index (χ2v) is 8.29. The Balaban J connectivity index is 1.68. The van der Waals surface area contributed by atoms with Crippen LogP contribution in [0.25, 0.3) is 0 Å². The Morgan fingerprint density at radius 1 is 1.08 bits per heavy atom. The predicted molar refractivity (Wildman–Crippen MR) is 111 cm³/mol. The lowest BCUT2D eigenvalue weighted by molar-refractivity contribution is 0.0264. The molecule has 26 heavy (non-hydrogen) atoms. The highest BCUT2D eigenvalue weighted by atomic mass is 16.5. The Morgan fingerprint density at radius 2 is 1.77 bits per heavy atom. The zero-order chi connectivity index (χ0) is 18.8. The molecule has 1 N–H and O–H groups in total. The Kier molecular flexibility index (Phi) is 9.76. The fraction of sp³-hybridized carbons (Fsp3) is 0.952. The van der Waals surface area contributed by atoms with Crippen LogP contribution in [0.5, 0.6) is 0 Å². The van der Waals surface area contributed by atoms with E-state index in [0.717, 1.165) is 63.4 Å². The highest BCUT2D eigenvalue weighted by molar-refractivity contribution is 5.80. The average molecular weight is 367 g/mol. The van der Waals surface area contributed by atoms with Gasteiger partial charge in [0, 0.05) is 45.9 Å². The van der Waals surface area contributed by atoms with Gasteiger partial charge in [0.25, 0.3) is 0 Å². The van der Waals surface area contributed by atoms with E-state index in [1.54, 1.807) is 0 Å². The minimum atomic E-state index is 0.438. The number of nitrogens with one attached hydrogen (secondary N) is 1. The van der Waals surface area contributed by atoms with Crippen molar-refractivity contribution >= 4 is 5.96 Å². The number of aliphatic imine (C=N–C) groups is 1. The molecule has 0 bridgehead atoms. The summed E-state index contributed by atoms with van der Waals surface area (Å²) in [5.41, 5.74) is 0. The van der Waals surface area contributed by atoms with Crippen molar-refractivity contribution in [3.8, 4) is 0 Å². The first-order valence-corrected chi connectivity index (χ1v) is 11.0. The highest BCUT2D eigenvalue weighted by Crippen LogP contribution is 2.21. The van der Waals surface area contributed by atoms with Gasteiger partial charge >= 0.3 is 0 Å². The maximum Gasteiger partial charge on any atom is 0.193 e. The molecule has 2 saturated heterocycles. The van der Waals surface area contributed by atoms with E-state index in [1.807, 2.05) is 0 Å². The van der Waals surface area contributed by atoms with Crippen LogP contribution in [0.4, 0.5) is 0 Å². The maximum atomic E-state index is 5.76. The summed E-state index contributed by atoms with van der Waals surface area (Å²) in [5.74, 6) is 2.82. The van der Waals surface area contributed by atoms with Crippen molar-refractivity contribution < 1.29 is 4.74 Å². The zero-order valence-electron chi connectivity index (χ0n) is 17.7. The molecule has 0 saturated carbocycles. The van der Waals surface area contributed by atoms with Gasteiger partial charge in [-0.25, -0.2) is 0 Å². The first-order chi connectivity index (χ1) is 12.6. The minimum absolute atomic E-state index is 0.438. The van der Waals surface area contributed by atoms with Gasteiger partial charge in [-0.1, -0.05) is 13.8 Å². The summed E-state index contributed by atoms with van der Waals surface area (Å²) in [5, 5.41) is 3.48. The molecule has 0 aromatic carbocycles. The number of rotatable bonds is 8. The first kappa shape index (κ1) is 21.5. The summed E-state index contributed by atoms with van der Waals surface area (Å²) in [6, 6.07) is 0. The van der Waals surface area contributed by atoms with Gasteiger partial charge < -0.3 is 19.9 Å². The van der Waals surface area contributed by atoms with Crippen molar-refractivity contribution in [1.82, 2.24) is 15.1 Å². The maximum absolute atomic E-state index is 5.76. The summed E-state index contributed by atoms with van der Waals surface area (Å²) >= 11 is 0. The predicted octanol–water partition coefficient (Wildman–Crippen LogP) is 3.21. The smallest absolute Gasteiger partial charge is 0.193 e. The third-order valence-corrected chi connectivity index (χ3v) is 5.57. The van der Waals surface area contributed by atoms with E-state index >= 15 is 0 Å². The molecule has 0 aromatic heterocycles. The van der Waals surface area contributed by atoms with E-state index in [4.69, 9.17) is 9.73 Å². The molecular weight excluding hydrogens is 324 g/mol. The normalized spacial score (nSPS) is 26.3. The largest absolute Gasteiger partial charge is 0.378 e. The molecule has 2 atom stereocenters. The van der Waals surface area contributed by atoms with Gasteiger partial charge in [-0.2, -0.15) is 0 Å². The second-order valence-electron chi connectivity index (χ2n) is 8.29. The van der Waals surface area contributed by atoms with Crippen LogP contribution in [0.1, 0.15) is 59.8 Å². The van der Waals surface area contributed by atoms with Crippen LogP contribution in [0.3, 0.4) is 0 Å². The third kappa shape index (κ3) is 7.43. The lowest BCUT2D eigenvalue weighted by atomic mass is 9.92. The lowest BCUT2D eigenvalue weighted by Crippen LogP contribution is -2.47. The molecule has 2 rings (SSSR count). The van der Waals surface area contributed by atoms with Crippen LogP contribution >= 0.6 is 0 Å². The summed E-state index contributed by atoms with van der Waals surface area (Å²) in [7, 11) is 0. The number of piperidine rings is 2. The molecule has 2 aliphatic rings. The first-order valence-electron chi connectivity index (χ1n) is 11.0. The van der Waals surface area contributed by atoms with Gasteiger partial charge in [-0.15, -0.1) is 0 Å². The van der Waals surface area contributed by atoms with Gasteiger partial charge in [0.2, 0.25) is 0 Å². The standard InChI is InChI=1S/C21H42N4O/c1-5-22-21(25-13-9-20(10-14-25)26-6-2)23-11-7-8-12-24-16-18(3)15-19(4)17-24/h18-20H,5-17H2,1-4H3,(H,22,23). The monoisotopic (exact) mass is 366 g/mol. The van der Waals surface area contributed by atoms with Crippen LogP contribution in [-0.2, 0) is 4.74 Å². The van der Waals surface area contributed by atoms with Crippen molar-refractivity contribution in [2.75, 3.05) is 52.4 Å². The fourth-order valence-corrected chi connectivity index (χ4v) is 4.50. The van der Waals surface area contributed by atoms with Gasteiger partial charge in [-0.3, -0.25) is 4.99 Å². The van der Waals surface area contributed by atoms with E-state index < -0.39 is 0 Å². The average Bonchev–Trinajstić information content (AvgIpc) is 2.61. The highest BCUT2D eigenvalue weighted by Gasteiger charge is 2.22. The number of hydrogen-bond acceptors (Lipinski definition) is 3. The number of ether oxygens (including phenoxy) is 1. The second kappa shape index (κ2) is 11.8. The van der Waals surface area contributed by atoms with Gasteiger partial charge in [0.1, 0.15) is 0 Å². The van der Waals surface area contributed by atoms with E-state index in [2.05, 4.69) is 42.8 Å². The molecule has 5 nitrogen and oxygen atoms in total. The summed E-state index contributed by atoms with van der Waals surface area (Å²) < 4.78 is 5.76. The number of guanidine groups is 1. The van der Waals surface area contributed by atoms with Gasteiger partial charge in [-0.05, 0) is 64.3 Å². The van der Waals surface area contributed by atoms with Gasteiger partial charge in [0.15, 0.2) is 5.96 Å². The van der Waals surface area contributed by atoms with E-state index in [9.17, 15) is 0 Å². The van der Waals surface area contributed by atoms with Crippen LogP contribution in [0.2, 0.25) is 0 Å². The molecule has 152 valence electrons. The Morgan fingerprint density at radius 3 is 2.38 bits per heavy atom. The minimum Gasteiger partial charge on any atom is -0.378 e. The molecule has 5 heteroatoms. The SMILES string of the molecule is CCNC(=NCCCCN1CC(C)CC(C)C1)N1CCC(OCC)CC1. The van der Waals surface area contributed by atoms with Crippen LogP contribution in [-0.4, -0.2) is 74.3 Å². The van der Waals surface area contributed by atoms with Crippen LogP contribution in [0.15, 0.2) is 4.99 Å². The lowest BCUT2D eigenvalue weighted by Gasteiger charge is -2.35. The van der Waals surface area contributed by atoms with Crippen LogP contribution in [0, 0.1) is 11.8 Å². The quantitative estimate of drug-likeness (QED) is 0.407. The summed E-state index contributed by atoms with van der Waals surface area (Å²) in [6.45, 7) is 17.6. The third-order valence-electron chi connectivity index (χ3n) is 5.57. The number of likely N-dealkylation sites (tertiary alicyclic amines) is 2. The molecule has 2 aliphatic heterocycles. The van der Waals surface area contributed by atoms with Crippen molar-refractivity contribution in [3.05, 3.63) is 0 Å². The Hall–Kier alpha value is -0.810. The van der Waals surface area contributed by atoms with E-state index in [-0.39, 0.29) is 0 Å². The summed E-state index contributed by atoms with van der Waals surface area (Å²) in [6.07, 6.45) is 6.51. The molecule has 0 radical (unpaired) electrons. The molecule has 2 fully saturated rings. The Bertz CT molecular complexity index is 397. The van der Waals surface area contributed by atoms with Crippen molar-refractivity contribution in [1.29, 1.82) is 0 Å². The van der Waals surface area contributed by atoms with Crippen LogP contribution < -0.4 is 5.32 Å². The Labute approximate surface area is 161 Å². The molecule has 0 aliphatic carbocycles. The molecule has 2 unspecified atom stereocenters. The molecular formula is C21H42N4O. The summed E-state index contributed by atoms with van der Waals surface area (Å²) in [4.78, 5) is 9.96. The van der Waals surface area contributed by atoms with E-state index in [1.165, 1.54) is 38.9 Å². The number of nitrogens with zero attached hydrogens (tertiary/aromatic N) is 3. The van der Waals surface area contributed by atoms with Crippen molar-refractivity contribution in [3.63, 3.8) is 0 Å². The molecule has 0 spiro atoms. The van der Waals surface area contributed by atoms with E-state index in [0.29, 0.717) is 6.10 Å². The fourth-order valence-electron chi connectivity index (χ4n) is 4.50. The molecule has 2 heterocycles. The topological polar surface area (TPSA) is 40.1 Å². The van der Waals surface area contributed by atoms with Crippen molar-refractivity contribution in [2.45, 2.75) is 65.9 Å². The van der Waals surface area contributed by atoms with Crippen molar-refractivity contribution in [2.24, 2.45) is 16.8 Å². The molecule has 0 aromatic rings.